The van der Waals surface area contributed by atoms with Crippen LogP contribution < -0.4 is 11.1 Å². The summed E-state index contributed by atoms with van der Waals surface area (Å²) in [5.41, 5.74) is 5.42. The fraction of sp³-hybridized carbons (Fsp3) is 0.429. The van der Waals surface area contributed by atoms with Crippen molar-refractivity contribution < 1.29 is 0 Å². The molecule has 7 heteroatoms. The van der Waals surface area contributed by atoms with Gasteiger partial charge in [-0.25, -0.2) is 4.98 Å². The largest absolute Gasteiger partial charge is 0.383 e. The normalized spacial score (nSPS) is 9.21. The Morgan fingerprint density at radius 3 is 2.86 bits per heavy atom. The SMILES string of the molecule is CCCN=CNc1nc(N)cs1.Cl.Cl. The van der Waals surface area contributed by atoms with Gasteiger partial charge in [0, 0.05) is 11.9 Å². The predicted octanol–water partition coefficient (Wildman–Crippen LogP) is 2.42. The number of nitrogen functional groups attached to an aromatic ring is 1. The van der Waals surface area contributed by atoms with Crippen molar-refractivity contribution in [2.75, 3.05) is 17.6 Å². The number of hydrogen-bond acceptors (Lipinski definition) is 4. The van der Waals surface area contributed by atoms with Gasteiger partial charge in [-0.2, -0.15) is 0 Å². The summed E-state index contributed by atoms with van der Waals surface area (Å²) in [5.74, 6) is 0.548. The maximum Gasteiger partial charge on any atom is 0.189 e. The Labute approximate surface area is 99.8 Å². The van der Waals surface area contributed by atoms with Crippen molar-refractivity contribution in [1.29, 1.82) is 0 Å². The first-order valence-corrected chi connectivity index (χ1v) is 4.66. The summed E-state index contributed by atoms with van der Waals surface area (Å²) in [6.45, 7) is 2.92. The molecule has 14 heavy (non-hydrogen) atoms. The standard InChI is InChI=1S/C7H12N4S.2ClH/c1-2-3-9-5-10-7-11-6(8)4-12-7;;/h4-5H,2-3,8H2,1H3,(H,9,10,11);2*1H. The minimum atomic E-state index is 0. The molecule has 4 nitrogen and oxygen atoms in total. The Morgan fingerprint density at radius 1 is 1.64 bits per heavy atom. The van der Waals surface area contributed by atoms with Crippen molar-refractivity contribution in [2.45, 2.75) is 13.3 Å². The Bertz CT molecular complexity index is 264. The monoisotopic (exact) mass is 256 g/mol. The lowest BCUT2D eigenvalue weighted by Gasteiger charge is -1.90. The summed E-state index contributed by atoms with van der Waals surface area (Å²) in [7, 11) is 0. The third-order valence-electron chi connectivity index (χ3n) is 1.15. The van der Waals surface area contributed by atoms with Crippen LogP contribution >= 0.6 is 36.2 Å². The molecule has 1 rings (SSSR count). The number of aromatic nitrogens is 1. The van der Waals surface area contributed by atoms with E-state index < -0.39 is 0 Å². The second-order valence-corrected chi connectivity index (χ2v) is 3.12. The summed E-state index contributed by atoms with van der Waals surface area (Å²) in [6, 6.07) is 0. The molecule has 0 aliphatic rings. The van der Waals surface area contributed by atoms with Crippen molar-refractivity contribution in [3.8, 4) is 0 Å². The highest BCUT2D eigenvalue weighted by Gasteiger charge is 1.93. The summed E-state index contributed by atoms with van der Waals surface area (Å²) in [4.78, 5) is 8.09. The second-order valence-electron chi connectivity index (χ2n) is 2.26. The average molecular weight is 257 g/mol. The Hall–Kier alpha value is -0.520. The molecule has 0 spiro atoms. The van der Waals surface area contributed by atoms with E-state index in [0.29, 0.717) is 5.82 Å². The number of halogens is 2. The van der Waals surface area contributed by atoms with Gasteiger partial charge in [0.25, 0.3) is 0 Å². The van der Waals surface area contributed by atoms with Gasteiger partial charge in [0.2, 0.25) is 0 Å². The molecule has 0 unspecified atom stereocenters. The zero-order chi connectivity index (χ0) is 8.81. The lowest BCUT2D eigenvalue weighted by Crippen LogP contribution is -1.95. The Morgan fingerprint density at radius 2 is 2.36 bits per heavy atom. The van der Waals surface area contributed by atoms with Crippen LogP contribution in [-0.4, -0.2) is 17.9 Å². The fourth-order valence-electron chi connectivity index (χ4n) is 0.647. The van der Waals surface area contributed by atoms with Crippen LogP contribution in [0.3, 0.4) is 0 Å². The predicted molar refractivity (Wildman–Crippen MR) is 68.3 cm³/mol. The molecule has 0 aromatic carbocycles. The van der Waals surface area contributed by atoms with E-state index in [9.17, 15) is 0 Å². The second kappa shape index (κ2) is 9.05. The molecular formula is C7H14Cl2N4S. The summed E-state index contributed by atoms with van der Waals surface area (Å²) in [5, 5.41) is 5.51. The topological polar surface area (TPSA) is 63.3 Å². The van der Waals surface area contributed by atoms with Crippen LogP contribution in [0.2, 0.25) is 0 Å². The Kier molecular flexibility index (Phi) is 10.3. The van der Waals surface area contributed by atoms with Gasteiger partial charge in [0.15, 0.2) is 5.13 Å². The van der Waals surface area contributed by atoms with Crippen molar-refractivity contribution in [3.05, 3.63) is 5.38 Å². The molecular weight excluding hydrogens is 243 g/mol. The fourth-order valence-corrected chi connectivity index (χ4v) is 1.21. The molecule has 0 aliphatic heterocycles. The number of nitrogens with zero attached hydrogens (tertiary/aromatic N) is 2. The molecule has 0 amide bonds. The highest BCUT2D eigenvalue weighted by atomic mass is 35.5. The molecule has 0 atom stereocenters. The summed E-state index contributed by atoms with van der Waals surface area (Å²) < 4.78 is 0. The van der Waals surface area contributed by atoms with Gasteiger partial charge in [-0.15, -0.1) is 36.2 Å². The molecule has 0 aliphatic carbocycles. The molecule has 82 valence electrons. The van der Waals surface area contributed by atoms with E-state index in [2.05, 4.69) is 22.2 Å². The zero-order valence-electron chi connectivity index (χ0n) is 7.77. The molecule has 1 heterocycles. The first-order chi connectivity index (χ1) is 5.83. The maximum atomic E-state index is 5.42. The molecule has 1 aromatic rings. The molecule has 0 bridgehead atoms. The number of hydrogen-bond donors (Lipinski definition) is 2. The smallest absolute Gasteiger partial charge is 0.189 e. The van der Waals surface area contributed by atoms with Crippen molar-refractivity contribution >= 4 is 53.4 Å². The van der Waals surface area contributed by atoms with Crippen LogP contribution in [-0.2, 0) is 0 Å². The summed E-state index contributed by atoms with van der Waals surface area (Å²) in [6.07, 6.45) is 2.71. The highest BCUT2D eigenvalue weighted by molar-refractivity contribution is 7.14. The molecule has 0 radical (unpaired) electrons. The molecule has 0 saturated heterocycles. The van der Waals surface area contributed by atoms with E-state index in [-0.39, 0.29) is 24.8 Å². The quantitative estimate of drug-likeness (QED) is 0.643. The van der Waals surface area contributed by atoms with E-state index in [0.717, 1.165) is 18.1 Å². The first-order valence-electron chi connectivity index (χ1n) is 3.78. The molecule has 3 N–H and O–H groups in total. The number of anilines is 2. The van der Waals surface area contributed by atoms with E-state index in [1.807, 2.05) is 0 Å². The Balaban J connectivity index is 0. The first kappa shape index (κ1) is 15.9. The van der Waals surface area contributed by atoms with Crippen LogP contribution in [0, 0.1) is 0 Å². The van der Waals surface area contributed by atoms with Gasteiger partial charge >= 0.3 is 0 Å². The van der Waals surface area contributed by atoms with Gasteiger partial charge in [-0.3, -0.25) is 4.99 Å². The van der Waals surface area contributed by atoms with Crippen molar-refractivity contribution in [1.82, 2.24) is 4.98 Å². The minimum absolute atomic E-state index is 0. The van der Waals surface area contributed by atoms with E-state index in [1.54, 1.807) is 11.7 Å². The van der Waals surface area contributed by atoms with E-state index >= 15 is 0 Å². The van der Waals surface area contributed by atoms with Gasteiger partial charge in [-0.05, 0) is 6.42 Å². The number of nitrogens with two attached hydrogens (primary N) is 1. The van der Waals surface area contributed by atoms with Gasteiger partial charge < -0.3 is 11.1 Å². The van der Waals surface area contributed by atoms with E-state index in [4.69, 9.17) is 5.73 Å². The van der Waals surface area contributed by atoms with Crippen LogP contribution in [0.4, 0.5) is 10.9 Å². The zero-order valence-corrected chi connectivity index (χ0v) is 10.2. The lowest BCUT2D eigenvalue weighted by atomic mass is 10.5. The molecule has 1 aromatic heterocycles. The van der Waals surface area contributed by atoms with Crippen molar-refractivity contribution in [3.63, 3.8) is 0 Å². The van der Waals surface area contributed by atoms with Crippen LogP contribution in [0.15, 0.2) is 10.4 Å². The van der Waals surface area contributed by atoms with E-state index in [1.165, 1.54) is 11.3 Å². The number of thiazole rings is 1. The van der Waals surface area contributed by atoms with Gasteiger partial charge in [-0.1, -0.05) is 6.92 Å². The molecule has 0 fully saturated rings. The lowest BCUT2D eigenvalue weighted by molar-refractivity contribution is 0.936. The summed E-state index contributed by atoms with van der Waals surface area (Å²) >= 11 is 1.47. The van der Waals surface area contributed by atoms with Crippen LogP contribution in [0.5, 0.6) is 0 Å². The number of nitrogens with one attached hydrogen (secondary N) is 1. The number of aliphatic imine (C=N–C) groups is 1. The molecule has 0 saturated carbocycles. The minimum Gasteiger partial charge on any atom is -0.383 e. The average Bonchev–Trinajstić information content (AvgIpc) is 2.45. The van der Waals surface area contributed by atoms with Gasteiger partial charge in [0.1, 0.15) is 5.82 Å². The van der Waals surface area contributed by atoms with Crippen molar-refractivity contribution in [2.24, 2.45) is 4.99 Å². The third kappa shape index (κ3) is 6.01. The maximum absolute atomic E-state index is 5.42. The third-order valence-corrected chi connectivity index (χ3v) is 1.95. The van der Waals surface area contributed by atoms with Crippen LogP contribution in [0.1, 0.15) is 13.3 Å². The number of rotatable bonds is 4. The van der Waals surface area contributed by atoms with Gasteiger partial charge in [0.05, 0.1) is 6.34 Å². The highest BCUT2D eigenvalue weighted by Crippen LogP contribution is 2.14. The van der Waals surface area contributed by atoms with Crippen LogP contribution in [0.25, 0.3) is 0 Å².